The average molecular weight is 278 g/mol. The van der Waals surface area contributed by atoms with Crippen molar-refractivity contribution in [2.24, 2.45) is 0 Å². The van der Waals surface area contributed by atoms with Gasteiger partial charge in [-0.15, -0.1) is 0 Å². The number of amides is 1. The Balaban J connectivity index is 2.43. The van der Waals surface area contributed by atoms with Crippen LogP contribution in [0.1, 0.15) is 38.2 Å². The van der Waals surface area contributed by atoms with E-state index < -0.39 is 5.97 Å². The summed E-state index contributed by atoms with van der Waals surface area (Å²) in [6.45, 7) is 1.97. The zero-order valence-electron chi connectivity index (χ0n) is 11.8. The fourth-order valence-electron chi connectivity index (χ4n) is 2.09. The van der Waals surface area contributed by atoms with Gasteiger partial charge in [0.15, 0.2) is 0 Å². The molecule has 1 atom stereocenters. The van der Waals surface area contributed by atoms with Gasteiger partial charge in [-0.2, -0.15) is 0 Å². The molecule has 0 fully saturated rings. The van der Waals surface area contributed by atoms with Crippen molar-refractivity contribution in [3.63, 3.8) is 0 Å². The predicted molar refractivity (Wildman–Crippen MR) is 78.3 cm³/mol. The van der Waals surface area contributed by atoms with Crippen molar-refractivity contribution < 1.29 is 14.7 Å². The standard InChI is InChI=1S/C15H22N2O3/c1-2-4-13(10-15(19)20)17-14(18)8-7-11-5-3-6-12(16)9-11/h3,5-6,9,13H,2,4,7-8,10,16H2,1H3,(H,17,18)(H,19,20). The van der Waals surface area contributed by atoms with Crippen LogP contribution in [0.5, 0.6) is 0 Å². The first-order valence-electron chi connectivity index (χ1n) is 6.86. The summed E-state index contributed by atoms with van der Waals surface area (Å²) < 4.78 is 0. The maximum atomic E-state index is 11.8. The zero-order valence-corrected chi connectivity index (χ0v) is 11.8. The van der Waals surface area contributed by atoms with Crippen LogP contribution in [-0.4, -0.2) is 23.0 Å². The number of nitrogens with two attached hydrogens (primary N) is 1. The Bertz CT molecular complexity index is 460. The van der Waals surface area contributed by atoms with Gasteiger partial charge in [-0.05, 0) is 30.5 Å². The number of anilines is 1. The molecule has 20 heavy (non-hydrogen) atoms. The van der Waals surface area contributed by atoms with E-state index in [4.69, 9.17) is 10.8 Å². The minimum absolute atomic E-state index is 0.0299. The summed E-state index contributed by atoms with van der Waals surface area (Å²) in [6.07, 6.45) is 2.42. The van der Waals surface area contributed by atoms with Crippen LogP contribution in [0.25, 0.3) is 0 Å². The Labute approximate surface area is 119 Å². The first-order chi connectivity index (χ1) is 9.51. The van der Waals surface area contributed by atoms with Crippen LogP contribution in [0, 0.1) is 0 Å². The van der Waals surface area contributed by atoms with Crippen LogP contribution in [0.2, 0.25) is 0 Å². The third kappa shape index (κ3) is 6.22. The van der Waals surface area contributed by atoms with E-state index in [0.29, 0.717) is 24.9 Å². The van der Waals surface area contributed by atoms with Crippen LogP contribution < -0.4 is 11.1 Å². The number of carbonyl (C=O) groups excluding carboxylic acids is 1. The van der Waals surface area contributed by atoms with Gasteiger partial charge in [0.1, 0.15) is 0 Å². The smallest absolute Gasteiger partial charge is 0.305 e. The minimum atomic E-state index is -0.889. The van der Waals surface area contributed by atoms with Crippen molar-refractivity contribution in [2.75, 3.05) is 5.73 Å². The molecule has 1 rings (SSSR count). The first kappa shape index (κ1) is 16.0. The Morgan fingerprint density at radius 3 is 2.75 bits per heavy atom. The number of nitrogens with one attached hydrogen (secondary N) is 1. The Morgan fingerprint density at radius 1 is 1.40 bits per heavy atom. The van der Waals surface area contributed by atoms with Gasteiger partial charge < -0.3 is 16.2 Å². The summed E-state index contributed by atoms with van der Waals surface area (Å²) in [5.74, 6) is -1.01. The lowest BCUT2D eigenvalue weighted by atomic mass is 10.1. The molecule has 0 saturated heterocycles. The van der Waals surface area contributed by atoms with Crippen molar-refractivity contribution in [3.05, 3.63) is 29.8 Å². The summed E-state index contributed by atoms with van der Waals surface area (Å²) in [7, 11) is 0. The van der Waals surface area contributed by atoms with Gasteiger partial charge in [-0.25, -0.2) is 0 Å². The van der Waals surface area contributed by atoms with Crippen molar-refractivity contribution in [2.45, 2.75) is 45.1 Å². The maximum absolute atomic E-state index is 11.8. The number of aliphatic carboxylic acids is 1. The number of carboxylic acids is 1. The third-order valence-electron chi connectivity index (χ3n) is 3.02. The molecule has 0 aliphatic heterocycles. The second-order valence-corrected chi connectivity index (χ2v) is 4.90. The number of rotatable bonds is 8. The van der Waals surface area contributed by atoms with Crippen LogP contribution in [-0.2, 0) is 16.0 Å². The highest BCUT2D eigenvalue weighted by Gasteiger charge is 2.14. The monoisotopic (exact) mass is 278 g/mol. The van der Waals surface area contributed by atoms with E-state index in [0.717, 1.165) is 12.0 Å². The number of hydrogen-bond acceptors (Lipinski definition) is 3. The molecule has 0 aromatic heterocycles. The van der Waals surface area contributed by atoms with Crippen molar-refractivity contribution in [3.8, 4) is 0 Å². The van der Waals surface area contributed by atoms with Gasteiger partial charge in [-0.1, -0.05) is 25.5 Å². The number of hydrogen-bond donors (Lipinski definition) is 3. The lowest BCUT2D eigenvalue weighted by molar-refractivity contribution is -0.137. The van der Waals surface area contributed by atoms with E-state index in [1.54, 1.807) is 6.07 Å². The molecular formula is C15H22N2O3. The molecule has 1 aromatic rings. The van der Waals surface area contributed by atoms with E-state index in [1.165, 1.54) is 0 Å². The van der Waals surface area contributed by atoms with Gasteiger partial charge in [-0.3, -0.25) is 9.59 Å². The van der Waals surface area contributed by atoms with E-state index >= 15 is 0 Å². The number of carbonyl (C=O) groups is 2. The normalized spacial score (nSPS) is 11.8. The van der Waals surface area contributed by atoms with Crippen molar-refractivity contribution >= 4 is 17.6 Å². The van der Waals surface area contributed by atoms with Crippen molar-refractivity contribution in [1.29, 1.82) is 0 Å². The second-order valence-electron chi connectivity index (χ2n) is 4.90. The van der Waals surface area contributed by atoms with E-state index in [1.807, 2.05) is 25.1 Å². The lowest BCUT2D eigenvalue weighted by Gasteiger charge is -2.16. The Morgan fingerprint density at radius 2 is 2.15 bits per heavy atom. The molecule has 1 amide bonds. The SMILES string of the molecule is CCCC(CC(=O)O)NC(=O)CCc1cccc(N)c1. The largest absolute Gasteiger partial charge is 0.481 e. The molecule has 1 unspecified atom stereocenters. The molecule has 0 radical (unpaired) electrons. The summed E-state index contributed by atoms with van der Waals surface area (Å²) >= 11 is 0. The molecule has 0 bridgehead atoms. The summed E-state index contributed by atoms with van der Waals surface area (Å²) in [5.41, 5.74) is 7.36. The number of nitrogen functional groups attached to an aromatic ring is 1. The van der Waals surface area contributed by atoms with E-state index in [9.17, 15) is 9.59 Å². The number of aryl methyl sites for hydroxylation is 1. The molecule has 1 aromatic carbocycles. The highest BCUT2D eigenvalue weighted by molar-refractivity contribution is 5.77. The van der Waals surface area contributed by atoms with Gasteiger partial charge in [0.25, 0.3) is 0 Å². The highest BCUT2D eigenvalue weighted by Crippen LogP contribution is 2.09. The molecule has 5 nitrogen and oxygen atoms in total. The van der Waals surface area contributed by atoms with Gasteiger partial charge in [0, 0.05) is 18.2 Å². The van der Waals surface area contributed by atoms with Crippen LogP contribution >= 0.6 is 0 Å². The predicted octanol–water partition coefficient (Wildman–Crippen LogP) is 1.96. The molecule has 110 valence electrons. The molecular weight excluding hydrogens is 256 g/mol. The van der Waals surface area contributed by atoms with E-state index in [2.05, 4.69) is 5.32 Å². The molecule has 0 heterocycles. The molecule has 4 N–H and O–H groups in total. The Kier molecular flexibility index (Phi) is 6.56. The molecule has 0 aliphatic rings. The van der Waals surface area contributed by atoms with E-state index in [-0.39, 0.29) is 18.4 Å². The summed E-state index contributed by atoms with van der Waals surface area (Å²) in [5, 5.41) is 11.6. The Hall–Kier alpha value is -2.04. The van der Waals surface area contributed by atoms with Crippen LogP contribution in [0.15, 0.2) is 24.3 Å². The topological polar surface area (TPSA) is 92.4 Å². The van der Waals surface area contributed by atoms with Crippen molar-refractivity contribution in [1.82, 2.24) is 5.32 Å². The lowest BCUT2D eigenvalue weighted by Crippen LogP contribution is -2.36. The zero-order chi connectivity index (χ0) is 15.0. The third-order valence-corrected chi connectivity index (χ3v) is 3.02. The molecule has 0 aliphatic carbocycles. The minimum Gasteiger partial charge on any atom is -0.481 e. The fourth-order valence-corrected chi connectivity index (χ4v) is 2.09. The quantitative estimate of drug-likeness (QED) is 0.634. The second kappa shape index (κ2) is 8.19. The van der Waals surface area contributed by atoms with Gasteiger partial charge in [0.05, 0.1) is 6.42 Å². The first-order valence-corrected chi connectivity index (χ1v) is 6.86. The molecule has 0 spiro atoms. The van der Waals surface area contributed by atoms with Gasteiger partial charge in [0.2, 0.25) is 5.91 Å². The van der Waals surface area contributed by atoms with Crippen LogP contribution in [0.4, 0.5) is 5.69 Å². The number of carboxylic acid groups (broad SMARTS) is 1. The maximum Gasteiger partial charge on any atom is 0.305 e. The molecule has 5 heteroatoms. The average Bonchev–Trinajstić information content (AvgIpc) is 2.36. The fraction of sp³-hybridized carbons (Fsp3) is 0.467. The molecule has 0 saturated carbocycles. The summed E-state index contributed by atoms with van der Waals surface area (Å²) in [6, 6.07) is 7.13. The number of benzene rings is 1. The summed E-state index contributed by atoms with van der Waals surface area (Å²) in [4.78, 5) is 22.6. The highest BCUT2D eigenvalue weighted by atomic mass is 16.4. The van der Waals surface area contributed by atoms with Crippen LogP contribution in [0.3, 0.4) is 0 Å². The van der Waals surface area contributed by atoms with Gasteiger partial charge >= 0.3 is 5.97 Å².